The quantitative estimate of drug-likeness (QED) is 0.849. The van der Waals surface area contributed by atoms with Crippen LogP contribution in [0.1, 0.15) is 5.56 Å². The Kier molecular flexibility index (Phi) is 4.43. The third-order valence-corrected chi connectivity index (χ3v) is 3.07. The smallest absolute Gasteiger partial charge is 0.321 e. The van der Waals surface area contributed by atoms with Crippen LogP contribution >= 0.6 is 31.9 Å². The van der Waals surface area contributed by atoms with Crippen molar-refractivity contribution in [2.45, 2.75) is 6.54 Å². The Labute approximate surface area is 121 Å². The van der Waals surface area contributed by atoms with Crippen LogP contribution in [0.5, 0.6) is 0 Å². The molecule has 18 heavy (non-hydrogen) atoms. The second kappa shape index (κ2) is 6.06. The van der Waals surface area contributed by atoms with Gasteiger partial charge in [0.25, 0.3) is 0 Å². The van der Waals surface area contributed by atoms with E-state index < -0.39 is 0 Å². The minimum absolute atomic E-state index is 0.308. The molecule has 4 nitrogen and oxygen atoms in total. The maximum absolute atomic E-state index is 11.6. The number of amides is 2. The molecule has 0 aliphatic heterocycles. The highest BCUT2D eigenvalue weighted by molar-refractivity contribution is 9.10. The Morgan fingerprint density at radius 1 is 1.22 bits per heavy atom. The second-order valence-electron chi connectivity index (χ2n) is 3.54. The van der Waals surface area contributed by atoms with Gasteiger partial charge in [0.05, 0.1) is 0 Å². The number of rotatable bonds is 3. The van der Waals surface area contributed by atoms with E-state index in [1.54, 1.807) is 12.1 Å². The van der Waals surface area contributed by atoms with E-state index in [1.165, 1.54) is 0 Å². The first kappa shape index (κ1) is 13.2. The maximum Gasteiger partial charge on any atom is 0.321 e. The Balaban J connectivity index is 1.85. The fourth-order valence-corrected chi connectivity index (χ4v) is 2.12. The predicted octanol–water partition coefficient (Wildman–Crippen LogP) is 4.13. The molecule has 1 aromatic heterocycles. The van der Waals surface area contributed by atoms with Gasteiger partial charge >= 0.3 is 6.03 Å². The molecule has 94 valence electrons. The summed E-state index contributed by atoms with van der Waals surface area (Å²) < 4.78 is 6.72. The van der Waals surface area contributed by atoms with E-state index in [9.17, 15) is 4.79 Å². The summed E-state index contributed by atoms with van der Waals surface area (Å²) in [6.07, 6.45) is 0. The zero-order valence-corrected chi connectivity index (χ0v) is 12.4. The molecule has 1 aromatic carbocycles. The fourth-order valence-electron chi connectivity index (χ4n) is 1.37. The number of anilines is 1. The first-order valence-electron chi connectivity index (χ1n) is 5.18. The number of carbonyl (C=O) groups excluding carboxylic acids is 1. The molecule has 0 aliphatic carbocycles. The van der Waals surface area contributed by atoms with Crippen LogP contribution in [-0.4, -0.2) is 6.03 Å². The number of nitrogens with one attached hydrogen (secondary N) is 2. The highest BCUT2D eigenvalue weighted by Gasteiger charge is 2.04. The van der Waals surface area contributed by atoms with Crippen molar-refractivity contribution >= 4 is 43.8 Å². The lowest BCUT2D eigenvalue weighted by molar-refractivity contribution is 0.251. The molecule has 0 saturated heterocycles. The van der Waals surface area contributed by atoms with E-state index in [0.29, 0.717) is 17.1 Å². The van der Waals surface area contributed by atoms with Crippen LogP contribution in [0.15, 0.2) is 50.0 Å². The van der Waals surface area contributed by atoms with Gasteiger partial charge in [-0.2, -0.15) is 0 Å². The van der Waals surface area contributed by atoms with Gasteiger partial charge < -0.3 is 9.73 Å². The van der Waals surface area contributed by atoms with Crippen molar-refractivity contribution in [2.75, 3.05) is 5.32 Å². The zero-order chi connectivity index (χ0) is 13.0. The van der Waals surface area contributed by atoms with Crippen molar-refractivity contribution < 1.29 is 9.21 Å². The van der Waals surface area contributed by atoms with E-state index in [1.807, 2.05) is 24.3 Å². The molecule has 0 atom stereocenters. The van der Waals surface area contributed by atoms with E-state index >= 15 is 0 Å². The Morgan fingerprint density at radius 3 is 2.72 bits per heavy atom. The average molecular weight is 374 g/mol. The van der Waals surface area contributed by atoms with Crippen LogP contribution in [0.4, 0.5) is 10.7 Å². The highest BCUT2D eigenvalue weighted by Crippen LogP contribution is 2.18. The summed E-state index contributed by atoms with van der Waals surface area (Å²) >= 11 is 6.54. The molecule has 0 fully saturated rings. The molecule has 0 aliphatic rings. The number of hydrogen-bond donors (Lipinski definition) is 2. The van der Waals surface area contributed by atoms with Gasteiger partial charge in [-0.15, -0.1) is 0 Å². The largest absolute Gasteiger partial charge is 0.434 e. The van der Waals surface area contributed by atoms with E-state index in [-0.39, 0.29) is 6.03 Å². The summed E-state index contributed by atoms with van der Waals surface area (Å²) in [6.45, 7) is 0.452. The minimum Gasteiger partial charge on any atom is -0.434 e. The lowest BCUT2D eigenvalue weighted by Crippen LogP contribution is -2.27. The third-order valence-electron chi connectivity index (χ3n) is 2.15. The van der Waals surface area contributed by atoms with Crippen LogP contribution in [0.3, 0.4) is 0 Å². The summed E-state index contributed by atoms with van der Waals surface area (Å²) in [4.78, 5) is 11.6. The molecule has 0 bridgehead atoms. The number of carbonyl (C=O) groups is 1. The lowest BCUT2D eigenvalue weighted by Gasteiger charge is -2.05. The number of halogens is 2. The summed E-state index contributed by atoms with van der Waals surface area (Å²) in [5, 5.41) is 5.33. The molecule has 0 radical (unpaired) electrons. The molecule has 2 rings (SSSR count). The van der Waals surface area contributed by atoms with Crippen LogP contribution in [0.2, 0.25) is 0 Å². The molecule has 0 spiro atoms. The predicted molar refractivity (Wildman–Crippen MR) is 76.4 cm³/mol. The monoisotopic (exact) mass is 372 g/mol. The van der Waals surface area contributed by atoms with Gasteiger partial charge in [0.15, 0.2) is 4.67 Å². The van der Waals surface area contributed by atoms with Gasteiger partial charge in [-0.3, -0.25) is 5.32 Å². The van der Waals surface area contributed by atoms with E-state index in [2.05, 4.69) is 42.5 Å². The molecule has 2 N–H and O–H groups in total. The van der Waals surface area contributed by atoms with Crippen LogP contribution in [-0.2, 0) is 6.54 Å². The Hall–Kier alpha value is -1.27. The number of benzene rings is 1. The fraction of sp³-hybridized carbons (Fsp3) is 0.0833. The maximum atomic E-state index is 11.6. The summed E-state index contributed by atoms with van der Waals surface area (Å²) in [5.41, 5.74) is 1.01. The molecule has 0 unspecified atom stereocenters. The normalized spacial score (nSPS) is 10.1. The van der Waals surface area contributed by atoms with Gasteiger partial charge in [0.2, 0.25) is 5.88 Å². The van der Waals surface area contributed by atoms with Gasteiger partial charge in [-0.25, -0.2) is 4.79 Å². The van der Waals surface area contributed by atoms with Crippen LogP contribution in [0.25, 0.3) is 0 Å². The van der Waals surface area contributed by atoms with Crippen LogP contribution < -0.4 is 10.6 Å². The zero-order valence-electron chi connectivity index (χ0n) is 9.24. The van der Waals surface area contributed by atoms with Crippen molar-refractivity contribution in [3.8, 4) is 0 Å². The Bertz CT molecular complexity index is 555. The minimum atomic E-state index is -0.308. The molecule has 2 amide bonds. The third kappa shape index (κ3) is 3.89. The molecular formula is C12H10Br2N2O2. The number of urea groups is 1. The summed E-state index contributed by atoms with van der Waals surface area (Å²) in [5.74, 6) is 0.397. The molecule has 6 heteroatoms. The second-order valence-corrected chi connectivity index (χ2v) is 5.24. The summed E-state index contributed by atoms with van der Waals surface area (Å²) in [7, 11) is 0. The van der Waals surface area contributed by atoms with Crippen molar-refractivity contribution in [1.29, 1.82) is 0 Å². The van der Waals surface area contributed by atoms with Gasteiger partial charge in [0, 0.05) is 17.1 Å². The van der Waals surface area contributed by atoms with Crippen molar-refractivity contribution in [3.63, 3.8) is 0 Å². The molecular weight excluding hydrogens is 364 g/mol. The topological polar surface area (TPSA) is 54.3 Å². The van der Waals surface area contributed by atoms with E-state index in [0.717, 1.165) is 10.0 Å². The first-order valence-corrected chi connectivity index (χ1v) is 6.77. The van der Waals surface area contributed by atoms with Crippen molar-refractivity contribution in [2.24, 2.45) is 0 Å². The molecule has 1 heterocycles. The number of furan rings is 1. The summed E-state index contributed by atoms with van der Waals surface area (Å²) in [6, 6.07) is 10.8. The first-order chi connectivity index (χ1) is 8.63. The van der Waals surface area contributed by atoms with Crippen molar-refractivity contribution in [3.05, 3.63) is 51.1 Å². The average Bonchev–Trinajstić information content (AvgIpc) is 2.72. The highest BCUT2D eigenvalue weighted by atomic mass is 79.9. The SMILES string of the molecule is O=C(NCc1cccc(Br)c1)Nc1ccc(Br)o1. The lowest BCUT2D eigenvalue weighted by atomic mass is 10.2. The Morgan fingerprint density at radius 2 is 2.06 bits per heavy atom. The van der Waals surface area contributed by atoms with Crippen LogP contribution in [0, 0.1) is 0 Å². The van der Waals surface area contributed by atoms with Gasteiger partial charge in [0.1, 0.15) is 0 Å². The standard InChI is InChI=1S/C12H10Br2N2O2/c13-9-3-1-2-8(6-9)7-15-12(17)16-11-5-4-10(14)18-11/h1-6H,7H2,(H2,15,16,17). The molecule has 2 aromatic rings. The van der Waals surface area contributed by atoms with Gasteiger partial charge in [-0.1, -0.05) is 28.1 Å². The van der Waals surface area contributed by atoms with E-state index in [4.69, 9.17) is 4.42 Å². The van der Waals surface area contributed by atoms with Crippen molar-refractivity contribution in [1.82, 2.24) is 5.32 Å². The number of hydrogen-bond acceptors (Lipinski definition) is 2. The van der Waals surface area contributed by atoms with Gasteiger partial charge in [-0.05, 0) is 39.7 Å². The molecule has 0 saturated carbocycles.